The van der Waals surface area contributed by atoms with Crippen LogP contribution in [0.3, 0.4) is 0 Å². The van der Waals surface area contributed by atoms with Crippen LogP contribution in [0.5, 0.6) is 0 Å². The van der Waals surface area contributed by atoms with Gasteiger partial charge in [-0.15, -0.1) is 0 Å². The van der Waals surface area contributed by atoms with E-state index in [1.807, 2.05) is 0 Å². The highest BCUT2D eigenvalue weighted by molar-refractivity contribution is 6.28. The molecule has 0 fully saturated rings. The van der Waals surface area contributed by atoms with Crippen molar-refractivity contribution in [1.82, 2.24) is 4.40 Å². The zero-order chi connectivity index (χ0) is 43.2. The van der Waals surface area contributed by atoms with Crippen molar-refractivity contribution < 1.29 is 0 Å². The Morgan fingerprint density at radius 1 is 0.311 bits per heavy atom. The molecule has 61 heavy (non-hydrogen) atoms. The molecule has 0 saturated heterocycles. The molecule has 2 heterocycles. The number of para-hydroxylation sites is 1. The zero-order valence-electron chi connectivity index (χ0n) is 38.3. The van der Waals surface area contributed by atoms with Crippen molar-refractivity contribution in [1.29, 1.82) is 0 Å². The van der Waals surface area contributed by atoms with Crippen LogP contribution in [0.1, 0.15) is 105 Å². The summed E-state index contributed by atoms with van der Waals surface area (Å²) < 4.78 is 2.52. The van der Waals surface area contributed by atoms with Crippen LogP contribution in [-0.4, -0.2) is 4.40 Å². The summed E-state index contributed by atoms with van der Waals surface area (Å²) in [5.41, 5.74) is 16.1. The van der Waals surface area contributed by atoms with Gasteiger partial charge in [0.15, 0.2) is 0 Å². The Morgan fingerprint density at radius 3 is 0.836 bits per heavy atom. The van der Waals surface area contributed by atoms with E-state index in [0.717, 1.165) is 22.7 Å². The summed E-state index contributed by atoms with van der Waals surface area (Å²) in [7, 11) is 0. The van der Waals surface area contributed by atoms with Crippen LogP contribution in [-0.2, 0) is 21.7 Å². The maximum Gasteiger partial charge on any atom is 0.0622 e. The van der Waals surface area contributed by atoms with Gasteiger partial charge in [0.25, 0.3) is 0 Å². The van der Waals surface area contributed by atoms with Crippen molar-refractivity contribution in [2.45, 2.75) is 105 Å². The van der Waals surface area contributed by atoms with Crippen molar-refractivity contribution in [3.63, 3.8) is 0 Å². The van der Waals surface area contributed by atoms with E-state index in [1.54, 1.807) is 0 Å². The summed E-state index contributed by atoms with van der Waals surface area (Å²) in [5.74, 6) is 0. The molecule has 9 aromatic rings. The summed E-state index contributed by atoms with van der Waals surface area (Å²) in [4.78, 5) is 4.92. The third kappa shape index (κ3) is 7.02. The number of anilines is 6. The van der Waals surface area contributed by atoms with Gasteiger partial charge in [0, 0.05) is 44.3 Å². The van der Waals surface area contributed by atoms with Gasteiger partial charge < -0.3 is 14.2 Å². The lowest BCUT2D eigenvalue weighted by Gasteiger charge is -2.29. The Bertz CT molecular complexity index is 2690. The van der Waals surface area contributed by atoms with Crippen LogP contribution >= 0.6 is 0 Å². The lowest BCUT2D eigenvalue weighted by Crippen LogP contribution is -2.14. The second kappa shape index (κ2) is 14.3. The van der Waals surface area contributed by atoms with E-state index >= 15 is 0 Å². The number of nitrogens with zero attached hydrogens (tertiary/aromatic N) is 3. The quantitative estimate of drug-likeness (QED) is 0.166. The van der Waals surface area contributed by atoms with Crippen molar-refractivity contribution in [3.05, 3.63) is 174 Å². The highest BCUT2D eigenvalue weighted by Gasteiger charge is 2.27. The third-order valence-electron chi connectivity index (χ3n) is 12.8. The number of aromatic nitrogens is 1. The fourth-order valence-electron chi connectivity index (χ4n) is 9.21. The molecule has 0 aliphatic heterocycles. The Balaban J connectivity index is 1.29. The first-order chi connectivity index (χ1) is 28.8. The molecule has 308 valence electrons. The number of rotatable bonds is 6. The minimum atomic E-state index is 0.0616. The van der Waals surface area contributed by atoms with Crippen molar-refractivity contribution >= 4 is 72.2 Å². The van der Waals surface area contributed by atoms with Gasteiger partial charge in [0.05, 0.1) is 27.9 Å². The monoisotopic (exact) mass is 799 g/mol. The first-order valence-electron chi connectivity index (χ1n) is 22.0. The summed E-state index contributed by atoms with van der Waals surface area (Å²) in [6.45, 7) is 27.4. The molecule has 0 aliphatic carbocycles. The average molecular weight is 800 g/mol. The standard InChI is InChI=1S/C58H61N3/c1-55(2,3)38-22-30-42(31-23-38)59(43-32-24-39(25-33-43)56(4,5)6)48-18-14-20-50-52(48)46-16-13-17-47-53-49(19-15-21-51(53)61(50)54(46)47)60(44-34-26-40(27-35-44)57(7,8)9)45-36-28-41(29-37-45)58(10,11)12/h13-37H,1-12H3. The Labute approximate surface area is 363 Å². The SMILES string of the molecule is CC(C)(C)c1ccc(N(c2ccc(C(C)(C)C)cc2)c2cccc3c2c2cccc4c5c(N(c6ccc(C(C)(C)C)cc6)c6ccc(C(C)(C)C)cc6)cccc5n3c24)cc1. The second-order valence-electron chi connectivity index (χ2n) is 21.2. The molecule has 3 heteroatoms. The molecule has 0 aliphatic rings. The lowest BCUT2D eigenvalue weighted by atomic mass is 9.86. The zero-order valence-corrected chi connectivity index (χ0v) is 38.3. The van der Waals surface area contributed by atoms with Gasteiger partial charge >= 0.3 is 0 Å². The second-order valence-corrected chi connectivity index (χ2v) is 21.2. The van der Waals surface area contributed by atoms with Crippen LogP contribution < -0.4 is 9.80 Å². The molecule has 9 rings (SSSR count). The van der Waals surface area contributed by atoms with E-state index in [-0.39, 0.29) is 21.7 Å². The summed E-state index contributed by atoms with van der Waals surface area (Å²) in [6.07, 6.45) is 0. The number of fused-ring (bicyclic) bond motifs is 6. The summed E-state index contributed by atoms with van der Waals surface area (Å²) in [5, 5.41) is 5.01. The summed E-state index contributed by atoms with van der Waals surface area (Å²) in [6, 6.07) is 57.4. The molecule has 0 radical (unpaired) electrons. The van der Waals surface area contributed by atoms with Gasteiger partial charge in [-0.2, -0.15) is 0 Å². The van der Waals surface area contributed by atoms with E-state index in [2.05, 4.69) is 249 Å². The molecule has 7 aromatic carbocycles. The van der Waals surface area contributed by atoms with Crippen LogP contribution in [0.2, 0.25) is 0 Å². The minimum absolute atomic E-state index is 0.0616. The van der Waals surface area contributed by atoms with E-state index in [1.165, 1.54) is 71.7 Å². The predicted molar refractivity (Wildman–Crippen MR) is 265 cm³/mol. The Hall–Kier alpha value is -6.06. The maximum absolute atomic E-state index is 2.52. The smallest absolute Gasteiger partial charge is 0.0622 e. The predicted octanol–water partition coefficient (Wildman–Crippen LogP) is 17.0. The van der Waals surface area contributed by atoms with Crippen molar-refractivity contribution in [2.75, 3.05) is 9.80 Å². The number of benzene rings is 7. The Kier molecular flexibility index (Phi) is 9.44. The molecule has 0 amide bonds. The molecule has 0 saturated carbocycles. The van der Waals surface area contributed by atoms with Gasteiger partial charge in [0.1, 0.15) is 0 Å². The van der Waals surface area contributed by atoms with Gasteiger partial charge in [-0.1, -0.05) is 162 Å². The third-order valence-corrected chi connectivity index (χ3v) is 12.8. The van der Waals surface area contributed by atoms with E-state index in [9.17, 15) is 0 Å². The number of hydrogen-bond acceptors (Lipinski definition) is 2. The average Bonchev–Trinajstić information content (AvgIpc) is 3.74. The van der Waals surface area contributed by atoms with Crippen LogP contribution in [0.4, 0.5) is 34.1 Å². The normalized spacial score (nSPS) is 12.9. The van der Waals surface area contributed by atoms with Gasteiger partial charge in [-0.25, -0.2) is 0 Å². The van der Waals surface area contributed by atoms with E-state index in [0.29, 0.717) is 0 Å². The van der Waals surface area contributed by atoms with Gasteiger partial charge in [-0.05, 0) is 117 Å². The van der Waals surface area contributed by atoms with Gasteiger partial charge in [-0.3, -0.25) is 0 Å². The Morgan fingerprint density at radius 2 is 0.574 bits per heavy atom. The van der Waals surface area contributed by atoms with Crippen LogP contribution in [0.25, 0.3) is 38.1 Å². The molecular weight excluding hydrogens is 739 g/mol. The largest absolute Gasteiger partial charge is 0.310 e. The van der Waals surface area contributed by atoms with Crippen molar-refractivity contribution in [2.24, 2.45) is 0 Å². The molecule has 0 atom stereocenters. The highest BCUT2D eigenvalue weighted by atomic mass is 15.2. The maximum atomic E-state index is 2.52. The topological polar surface area (TPSA) is 10.9 Å². The van der Waals surface area contributed by atoms with Crippen LogP contribution in [0, 0.1) is 0 Å². The fraction of sp³-hybridized carbons (Fsp3) is 0.276. The minimum Gasteiger partial charge on any atom is -0.310 e. The first-order valence-corrected chi connectivity index (χ1v) is 22.0. The van der Waals surface area contributed by atoms with E-state index < -0.39 is 0 Å². The number of hydrogen-bond donors (Lipinski definition) is 0. The molecule has 0 N–H and O–H groups in total. The molecular formula is C58H61N3. The lowest BCUT2D eigenvalue weighted by molar-refractivity contribution is 0.590. The van der Waals surface area contributed by atoms with Gasteiger partial charge in [0.2, 0.25) is 0 Å². The summed E-state index contributed by atoms with van der Waals surface area (Å²) >= 11 is 0. The molecule has 2 aromatic heterocycles. The first kappa shape index (κ1) is 40.4. The van der Waals surface area contributed by atoms with Crippen LogP contribution in [0.15, 0.2) is 152 Å². The molecule has 0 spiro atoms. The van der Waals surface area contributed by atoms with E-state index in [4.69, 9.17) is 0 Å². The van der Waals surface area contributed by atoms with Crippen molar-refractivity contribution in [3.8, 4) is 0 Å². The molecule has 0 bridgehead atoms. The molecule has 0 unspecified atom stereocenters. The fourth-order valence-corrected chi connectivity index (χ4v) is 9.21. The molecule has 3 nitrogen and oxygen atoms in total. The highest BCUT2D eigenvalue weighted by Crippen LogP contribution is 2.49.